The van der Waals surface area contributed by atoms with Gasteiger partial charge in [0.15, 0.2) is 0 Å². The maximum atomic E-state index is 10.2. The van der Waals surface area contributed by atoms with Gasteiger partial charge in [0.2, 0.25) is 0 Å². The Kier molecular flexibility index (Phi) is 4.46. The van der Waals surface area contributed by atoms with Crippen LogP contribution >= 0.6 is 15.9 Å². The molecule has 0 aliphatic heterocycles. The van der Waals surface area contributed by atoms with E-state index in [-0.39, 0.29) is 6.42 Å². The van der Waals surface area contributed by atoms with Crippen molar-refractivity contribution in [1.82, 2.24) is 0 Å². The number of hydrogen-bond donors (Lipinski definition) is 1. The summed E-state index contributed by atoms with van der Waals surface area (Å²) in [6, 6.07) is 7.49. The first-order valence-electron chi connectivity index (χ1n) is 4.29. The average Bonchev–Trinajstić information content (AvgIpc) is 2.15. The number of halogens is 1. The largest absolute Gasteiger partial charge is 0.492 e. The summed E-state index contributed by atoms with van der Waals surface area (Å²) in [5.41, 5.74) is 0. The normalized spacial score (nSPS) is 9.79. The van der Waals surface area contributed by atoms with Crippen molar-refractivity contribution in [2.75, 3.05) is 6.61 Å². The van der Waals surface area contributed by atoms with Gasteiger partial charge in [0.1, 0.15) is 5.75 Å². The van der Waals surface area contributed by atoms with E-state index in [2.05, 4.69) is 15.9 Å². The molecule has 76 valence electrons. The monoisotopic (exact) mass is 258 g/mol. The highest BCUT2D eigenvalue weighted by Gasteiger charge is 2.00. The second kappa shape index (κ2) is 5.65. The molecule has 0 bridgehead atoms. The van der Waals surface area contributed by atoms with Gasteiger partial charge in [-0.1, -0.05) is 12.1 Å². The van der Waals surface area contributed by atoms with Crippen molar-refractivity contribution in [3.05, 3.63) is 28.7 Å². The van der Waals surface area contributed by atoms with Crippen LogP contribution in [0.2, 0.25) is 0 Å². The molecule has 0 aromatic heterocycles. The summed E-state index contributed by atoms with van der Waals surface area (Å²) in [7, 11) is 0. The second-order valence-corrected chi connectivity index (χ2v) is 3.63. The lowest BCUT2D eigenvalue weighted by molar-refractivity contribution is -0.137. The topological polar surface area (TPSA) is 46.5 Å². The standard InChI is InChI=1S/C10H11BrO3/c11-8-4-1-2-5-9(8)14-7-3-6-10(12)13/h1-2,4-5H,3,6-7H2,(H,12,13). The first kappa shape index (κ1) is 11.0. The summed E-state index contributed by atoms with van der Waals surface area (Å²) in [6.45, 7) is 0.426. The molecule has 1 N–H and O–H groups in total. The van der Waals surface area contributed by atoms with E-state index in [4.69, 9.17) is 9.84 Å². The molecule has 0 aliphatic carbocycles. The Morgan fingerprint density at radius 2 is 2.14 bits per heavy atom. The summed E-state index contributed by atoms with van der Waals surface area (Å²) in [4.78, 5) is 10.2. The van der Waals surface area contributed by atoms with Crippen LogP contribution in [0.25, 0.3) is 0 Å². The van der Waals surface area contributed by atoms with Crippen LogP contribution in [-0.2, 0) is 4.79 Å². The summed E-state index contributed by atoms with van der Waals surface area (Å²) >= 11 is 3.34. The number of carboxylic acid groups (broad SMARTS) is 1. The Bertz CT molecular complexity index is 312. The minimum atomic E-state index is -0.791. The highest BCUT2D eigenvalue weighted by Crippen LogP contribution is 2.23. The summed E-state index contributed by atoms with van der Waals surface area (Å²) in [6.07, 6.45) is 0.668. The fraction of sp³-hybridized carbons (Fsp3) is 0.300. The minimum absolute atomic E-state index is 0.143. The van der Waals surface area contributed by atoms with Crippen molar-refractivity contribution in [3.8, 4) is 5.75 Å². The fourth-order valence-corrected chi connectivity index (χ4v) is 1.37. The quantitative estimate of drug-likeness (QED) is 0.827. The van der Waals surface area contributed by atoms with Crippen molar-refractivity contribution < 1.29 is 14.6 Å². The van der Waals surface area contributed by atoms with Gasteiger partial charge in [-0.05, 0) is 34.5 Å². The third-order valence-corrected chi connectivity index (χ3v) is 2.28. The van der Waals surface area contributed by atoms with Crippen molar-refractivity contribution in [1.29, 1.82) is 0 Å². The van der Waals surface area contributed by atoms with E-state index in [1.807, 2.05) is 24.3 Å². The Labute approximate surface area is 90.8 Å². The summed E-state index contributed by atoms with van der Waals surface area (Å²) < 4.78 is 6.26. The number of ether oxygens (including phenoxy) is 1. The second-order valence-electron chi connectivity index (χ2n) is 2.78. The van der Waals surface area contributed by atoms with Crippen LogP contribution in [0.1, 0.15) is 12.8 Å². The van der Waals surface area contributed by atoms with Crippen LogP contribution in [0.5, 0.6) is 5.75 Å². The van der Waals surface area contributed by atoms with E-state index in [1.165, 1.54) is 0 Å². The first-order chi connectivity index (χ1) is 6.70. The molecular weight excluding hydrogens is 248 g/mol. The molecule has 0 radical (unpaired) electrons. The number of benzene rings is 1. The number of hydrogen-bond acceptors (Lipinski definition) is 2. The van der Waals surface area contributed by atoms with Gasteiger partial charge in [-0.2, -0.15) is 0 Å². The number of rotatable bonds is 5. The van der Waals surface area contributed by atoms with Gasteiger partial charge in [0.25, 0.3) is 0 Å². The van der Waals surface area contributed by atoms with Gasteiger partial charge in [0, 0.05) is 6.42 Å². The van der Waals surface area contributed by atoms with Gasteiger partial charge in [-0.15, -0.1) is 0 Å². The van der Waals surface area contributed by atoms with Crippen LogP contribution in [-0.4, -0.2) is 17.7 Å². The van der Waals surface area contributed by atoms with Gasteiger partial charge < -0.3 is 9.84 Å². The maximum Gasteiger partial charge on any atom is 0.303 e. The number of carboxylic acids is 1. The summed E-state index contributed by atoms with van der Waals surface area (Å²) in [5.74, 6) is -0.0429. The van der Waals surface area contributed by atoms with E-state index in [0.717, 1.165) is 10.2 Å². The zero-order valence-corrected chi connectivity index (χ0v) is 9.16. The molecule has 1 rings (SSSR count). The van der Waals surface area contributed by atoms with E-state index < -0.39 is 5.97 Å². The lowest BCUT2D eigenvalue weighted by atomic mass is 10.3. The lowest BCUT2D eigenvalue weighted by Gasteiger charge is -2.06. The van der Waals surface area contributed by atoms with E-state index >= 15 is 0 Å². The zero-order valence-electron chi connectivity index (χ0n) is 7.57. The summed E-state index contributed by atoms with van der Waals surface area (Å²) in [5, 5.41) is 8.40. The van der Waals surface area contributed by atoms with Gasteiger partial charge in [-0.25, -0.2) is 0 Å². The third kappa shape index (κ3) is 3.79. The Morgan fingerprint density at radius 1 is 1.43 bits per heavy atom. The molecule has 0 atom stereocenters. The molecule has 0 aliphatic rings. The van der Waals surface area contributed by atoms with Crippen LogP contribution in [0, 0.1) is 0 Å². The molecule has 0 amide bonds. The fourth-order valence-electron chi connectivity index (χ4n) is 0.967. The highest BCUT2D eigenvalue weighted by molar-refractivity contribution is 9.10. The Morgan fingerprint density at radius 3 is 2.79 bits per heavy atom. The SMILES string of the molecule is O=C(O)CCCOc1ccccc1Br. The molecule has 0 saturated carbocycles. The molecule has 0 unspecified atom stereocenters. The minimum Gasteiger partial charge on any atom is -0.492 e. The van der Waals surface area contributed by atoms with Crippen LogP contribution in [0.4, 0.5) is 0 Å². The molecule has 4 heteroatoms. The van der Waals surface area contributed by atoms with Gasteiger partial charge in [-0.3, -0.25) is 4.79 Å². The maximum absolute atomic E-state index is 10.2. The predicted octanol–water partition coefficient (Wildman–Crippen LogP) is 2.69. The Hall–Kier alpha value is -1.03. The average molecular weight is 259 g/mol. The molecule has 1 aromatic carbocycles. The van der Waals surface area contributed by atoms with E-state index in [9.17, 15) is 4.79 Å². The molecule has 0 fully saturated rings. The number of carbonyl (C=O) groups is 1. The van der Waals surface area contributed by atoms with Crippen LogP contribution in [0.3, 0.4) is 0 Å². The van der Waals surface area contributed by atoms with Crippen molar-refractivity contribution in [2.45, 2.75) is 12.8 Å². The molecule has 0 heterocycles. The molecule has 1 aromatic rings. The van der Waals surface area contributed by atoms with Crippen molar-refractivity contribution in [3.63, 3.8) is 0 Å². The number of para-hydroxylation sites is 1. The molecular formula is C10H11BrO3. The molecule has 14 heavy (non-hydrogen) atoms. The predicted molar refractivity (Wildman–Crippen MR) is 56.5 cm³/mol. The lowest BCUT2D eigenvalue weighted by Crippen LogP contribution is -2.02. The first-order valence-corrected chi connectivity index (χ1v) is 5.08. The molecule has 0 saturated heterocycles. The zero-order chi connectivity index (χ0) is 10.4. The van der Waals surface area contributed by atoms with Crippen molar-refractivity contribution >= 4 is 21.9 Å². The van der Waals surface area contributed by atoms with Crippen molar-refractivity contribution in [2.24, 2.45) is 0 Å². The Balaban J connectivity index is 2.31. The van der Waals surface area contributed by atoms with Gasteiger partial charge >= 0.3 is 5.97 Å². The molecule has 0 spiro atoms. The van der Waals surface area contributed by atoms with Gasteiger partial charge in [0.05, 0.1) is 11.1 Å². The van der Waals surface area contributed by atoms with Crippen LogP contribution in [0.15, 0.2) is 28.7 Å². The highest BCUT2D eigenvalue weighted by atomic mass is 79.9. The van der Waals surface area contributed by atoms with Crippen LogP contribution < -0.4 is 4.74 Å². The third-order valence-electron chi connectivity index (χ3n) is 1.63. The van der Waals surface area contributed by atoms with E-state index in [1.54, 1.807) is 0 Å². The van der Waals surface area contributed by atoms with E-state index in [0.29, 0.717) is 13.0 Å². The number of aliphatic carboxylic acids is 1. The smallest absolute Gasteiger partial charge is 0.303 e. The molecule has 3 nitrogen and oxygen atoms in total.